The third-order valence-electron chi connectivity index (χ3n) is 1.99. The standard InChI is InChI=1S/C11H19N3O2/c1-2-3-4-15-5-6-16-11-9-13-8-10(7-12)14-11/h8-9H,2-7,12H2,1H3. The largest absolute Gasteiger partial charge is 0.474 e. The Morgan fingerprint density at radius 1 is 1.25 bits per heavy atom. The van der Waals surface area contributed by atoms with Gasteiger partial charge in [-0.05, 0) is 6.42 Å². The molecule has 1 aromatic heterocycles. The number of unbranched alkanes of at least 4 members (excludes halogenated alkanes) is 1. The molecule has 1 aromatic rings. The van der Waals surface area contributed by atoms with E-state index in [9.17, 15) is 0 Å². The number of hydrogen-bond donors (Lipinski definition) is 1. The van der Waals surface area contributed by atoms with Crippen molar-refractivity contribution in [1.29, 1.82) is 0 Å². The fraction of sp³-hybridized carbons (Fsp3) is 0.636. The SMILES string of the molecule is CCCCOCCOc1cncc(CN)n1. The zero-order chi connectivity index (χ0) is 11.6. The first-order chi connectivity index (χ1) is 7.86. The van der Waals surface area contributed by atoms with Gasteiger partial charge in [-0.15, -0.1) is 0 Å². The van der Waals surface area contributed by atoms with Crippen LogP contribution in [0.3, 0.4) is 0 Å². The van der Waals surface area contributed by atoms with Gasteiger partial charge in [0.15, 0.2) is 0 Å². The molecule has 0 aliphatic rings. The van der Waals surface area contributed by atoms with Crippen LogP contribution in [0.4, 0.5) is 0 Å². The van der Waals surface area contributed by atoms with Crippen molar-refractivity contribution in [2.75, 3.05) is 19.8 Å². The summed E-state index contributed by atoms with van der Waals surface area (Å²) in [5.74, 6) is 0.502. The Labute approximate surface area is 96.0 Å². The molecule has 0 atom stereocenters. The zero-order valence-electron chi connectivity index (χ0n) is 9.69. The lowest BCUT2D eigenvalue weighted by Crippen LogP contribution is -2.09. The van der Waals surface area contributed by atoms with Gasteiger partial charge in [-0.1, -0.05) is 13.3 Å². The van der Waals surface area contributed by atoms with Gasteiger partial charge in [0.05, 0.1) is 18.5 Å². The number of aromatic nitrogens is 2. The molecule has 0 radical (unpaired) electrons. The van der Waals surface area contributed by atoms with E-state index in [2.05, 4.69) is 16.9 Å². The molecule has 2 N–H and O–H groups in total. The van der Waals surface area contributed by atoms with Gasteiger partial charge in [-0.2, -0.15) is 0 Å². The molecular weight excluding hydrogens is 206 g/mol. The van der Waals surface area contributed by atoms with E-state index in [0.29, 0.717) is 25.6 Å². The second-order valence-electron chi connectivity index (χ2n) is 3.37. The van der Waals surface area contributed by atoms with Gasteiger partial charge in [0.2, 0.25) is 5.88 Å². The first-order valence-electron chi connectivity index (χ1n) is 5.58. The van der Waals surface area contributed by atoms with E-state index in [1.54, 1.807) is 12.4 Å². The van der Waals surface area contributed by atoms with Crippen molar-refractivity contribution in [1.82, 2.24) is 9.97 Å². The van der Waals surface area contributed by atoms with Gasteiger partial charge in [0.25, 0.3) is 0 Å². The molecule has 0 unspecified atom stereocenters. The average Bonchev–Trinajstić information content (AvgIpc) is 2.34. The van der Waals surface area contributed by atoms with Crippen molar-refractivity contribution in [3.63, 3.8) is 0 Å². The number of nitrogens with two attached hydrogens (primary N) is 1. The number of hydrogen-bond acceptors (Lipinski definition) is 5. The lowest BCUT2D eigenvalue weighted by atomic mass is 10.4. The maximum atomic E-state index is 5.45. The maximum Gasteiger partial charge on any atom is 0.232 e. The first-order valence-corrected chi connectivity index (χ1v) is 5.58. The lowest BCUT2D eigenvalue weighted by molar-refractivity contribution is 0.0963. The average molecular weight is 225 g/mol. The van der Waals surface area contributed by atoms with Gasteiger partial charge in [0.1, 0.15) is 6.61 Å². The highest BCUT2D eigenvalue weighted by Gasteiger charge is 1.98. The van der Waals surface area contributed by atoms with E-state index in [1.807, 2.05) is 0 Å². The summed E-state index contributed by atoms with van der Waals surface area (Å²) in [5, 5.41) is 0. The van der Waals surface area contributed by atoms with Crippen LogP contribution in [0.2, 0.25) is 0 Å². The quantitative estimate of drug-likeness (QED) is 0.671. The first kappa shape index (κ1) is 12.9. The maximum absolute atomic E-state index is 5.45. The Balaban J connectivity index is 2.16. The summed E-state index contributed by atoms with van der Waals surface area (Å²) in [5.41, 5.74) is 6.17. The highest BCUT2D eigenvalue weighted by molar-refractivity contribution is 5.07. The highest BCUT2D eigenvalue weighted by Crippen LogP contribution is 2.04. The summed E-state index contributed by atoms with van der Waals surface area (Å²) in [7, 11) is 0. The molecule has 0 fully saturated rings. The van der Waals surface area contributed by atoms with E-state index in [1.165, 1.54) is 0 Å². The molecule has 0 amide bonds. The Kier molecular flexibility index (Phi) is 6.44. The summed E-state index contributed by atoms with van der Waals surface area (Å²) in [6, 6.07) is 0. The van der Waals surface area contributed by atoms with Crippen molar-refractivity contribution in [3.05, 3.63) is 18.1 Å². The summed E-state index contributed by atoms with van der Waals surface area (Å²) in [6.07, 6.45) is 5.43. The summed E-state index contributed by atoms with van der Waals surface area (Å²) >= 11 is 0. The molecule has 0 aliphatic carbocycles. The third-order valence-corrected chi connectivity index (χ3v) is 1.99. The summed E-state index contributed by atoms with van der Waals surface area (Å²) < 4.78 is 10.7. The van der Waals surface area contributed by atoms with Crippen LogP contribution in [-0.4, -0.2) is 29.8 Å². The second-order valence-corrected chi connectivity index (χ2v) is 3.37. The van der Waals surface area contributed by atoms with Crippen LogP contribution in [0.25, 0.3) is 0 Å². The minimum atomic E-state index is 0.372. The predicted octanol–water partition coefficient (Wildman–Crippen LogP) is 1.13. The molecule has 1 rings (SSSR count). The topological polar surface area (TPSA) is 70.3 Å². The van der Waals surface area contributed by atoms with Crippen LogP contribution >= 0.6 is 0 Å². The van der Waals surface area contributed by atoms with Crippen LogP contribution < -0.4 is 10.5 Å². The van der Waals surface area contributed by atoms with Crippen LogP contribution in [0.1, 0.15) is 25.5 Å². The lowest BCUT2D eigenvalue weighted by Gasteiger charge is -2.06. The Hall–Kier alpha value is -1.20. The molecule has 0 saturated heterocycles. The van der Waals surface area contributed by atoms with Gasteiger partial charge >= 0.3 is 0 Å². The molecule has 5 heteroatoms. The number of ether oxygens (including phenoxy) is 2. The Bertz CT molecular complexity index is 294. The van der Waals surface area contributed by atoms with E-state index < -0.39 is 0 Å². The molecule has 16 heavy (non-hydrogen) atoms. The minimum absolute atomic E-state index is 0.372. The van der Waals surface area contributed by atoms with Crippen molar-refractivity contribution in [3.8, 4) is 5.88 Å². The van der Waals surface area contributed by atoms with E-state index in [4.69, 9.17) is 15.2 Å². The zero-order valence-corrected chi connectivity index (χ0v) is 9.69. The molecule has 90 valence electrons. The fourth-order valence-corrected chi connectivity index (χ4v) is 1.11. The summed E-state index contributed by atoms with van der Waals surface area (Å²) in [6.45, 7) is 4.36. The predicted molar refractivity (Wildman–Crippen MR) is 61.1 cm³/mol. The van der Waals surface area contributed by atoms with Gasteiger partial charge < -0.3 is 15.2 Å². The molecule has 0 saturated carbocycles. The van der Waals surface area contributed by atoms with Crippen molar-refractivity contribution in [2.45, 2.75) is 26.3 Å². The highest BCUT2D eigenvalue weighted by atomic mass is 16.5. The van der Waals surface area contributed by atoms with Crippen LogP contribution in [0, 0.1) is 0 Å². The molecule has 5 nitrogen and oxygen atoms in total. The van der Waals surface area contributed by atoms with Crippen molar-refractivity contribution >= 4 is 0 Å². The normalized spacial score (nSPS) is 10.4. The van der Waals surface area contributed by atoms with Gasteiger partial charge in [0, 0.05) is 19.3 Å². The van der Waals surface area contributed by atoms with E-state index in [-0.39, 0.29) is 0 Å². The Morgan fingerprint density at radius 2 is 2.12 bits per heavy atom. The molecular formula is C11H19N3O2. The van der Waals surface area contributed by atoms with Crippen LogP contribution in [-0.2, 0) is 11.3 Å². The molecule has 0 aliphatic heterocycles. The molecule has 1 heterocycles. The van der Waals surface area contributed by atoms with Crippen molar-refractivity contribution in [2.24, 2.45) is 5.73 Å². The van der Waals surface area contributed by atoms with Crippen LogP contribution in [0.15, 0.2) is 12.4 Å². The Morgan fingerprint density at radius 3 is 2.88 bits per heavy atom. The molecule has 0 aromatic carbocycles. The third kappa shape index (κ3) is 5.04. The van der Waals surface area contributed by atoms with Crippen LogP contribution in [0.5, 0.6) is 5.88 Å². The monoisotopic (exact) mass is 225 g/mol. The second kappa shape index (κ2) is 8.01. The smallest absolute Gasteiger partial charge is 0.232 e. The fourth-order valence-electron chi connectivity index (χ4n) is 1.11. The summed E-state index contributed by atoms with van der Waals surface area (Å²) in [4.78, 5) is 8.14. The van der Waals surface area contributed by atoms with Crippen molar-refractivity contribution < 1.29 is 9.47 Å². The minimum Gasteiger partial charge on any atom is -0.474 e. The number of rotatable bonds is 8. The van der Waals surface area contributed by atoms with E-state index in [0.717, 1.165) is 25.1 Å². The van der Waals surface area contributed by atoms with Gasteiger partial charge in [-0.3, -0.25) is 4.98 Å². The molecule has 0 spiro atoms. The number of nitrogens with zero attached hydrogens (tertiary/aromatic N) is 2. The van der Waals surface area contributed by atoms with E-state index >= 15 is 0 Å². The molecule has 0 bridgehead atoms. The van der Waals surface area contributed by atoms with Gasteiger partial charge in [-0.25, -0.2) is 4.98 Å².